The van der Waals surface area contributed by atoms with Gasteiger partial charge in [0.1, 0.15) is 0 Å². The molecule has 5 rings (SSSR count). The van der Waals surface area contributed by atoms with Crippen LogP contribution in [0.2, 0.25) is 0 Å². The van der Waals surface area contributed by atoms with E-state index in [1.807, 2.05) is 62.4 Å². The van der Waals surface area contributed by atoms with Crippen molar-refractivity contribution in [2.24, 2.45) is 0 Å². The van der Waals surface area contributed by atoms with E-state index in [2.05, 4.69) is 0 Å². The van der Waals surface area contributed by atoms with Crippen molar-refractivity contribution in [3.05, 3.63) is 124 Å². The van der Waals surface area contributed by atoms with Gasteiger partial charge < -0.3 is 0 Å². The number of nitrogens with zero attached hydrogens (tertiary/aromatic N) is 2. The fourth-order valence-electron chi connectivity index (χ4n) is 4.11. The van der Waals surface area contributed by atoms with Gasteiger partial charge in [-0.25, -0.2) is 0 Å². The molecule has 2 heterocycles. The largest absolute Gasteiger partial charge is 0.270 e. The van der Waals surface area contributed by atoms with Crippen LogP contribution < -0.4 is 22.2 Å². The molecule has 0 aliphatic carbocycles. The van der Waals surface area contributed by atoms with Gasteiger partial charge in [-0.2, -0.15) is 0 Å². The van der Waals surface area contributed by atoms with Gasteiger partial charge in [-0.3, -0.25) is 28.3 Å². The molecule has 0 amide bonds. The van der Waals surface area contributed by atoms with Crippen molar-refractivity contribution in [2.75, 3.05) is 0 Å². The molecule has 2 aromatic heterocycles. The van der Waals surface area contributed by atoms with Gasteiger partial charge >= 0.3 is 0 Å². The monoisotopic (exact) mass is 424 g/mol. The second-order valence-electron chi connectivity index (χ2n) is 8.31. The van der Waals surface area contributed by atoms with Crippen LogP contribution in [0.15, 0.2) is 79.8 Å². The summed E-state index contributed by atoms with van der Waals surface area (Å²) in [4.78, 5) is 51.9. The quantitative estimate of drug-likeness (QED) is 0.444. The van der Waals surface area contributed by atoms with Gasteiger partial charge in [0.2, 0.25) is 0 Å². The van der Waals surface area contributed by atoms with Crippen molar-refractivity contribution >= 4 is 21.5 Å². The summed E-state index contributed by atoms with van der Waals surface area (Å²) < 4.78 is 2.31. The normalized spacial score (nSPS) is 11.6. The molecule has 0 saturated carbocycles. The van der Waals surface area contributed by atoms with E-state index in [1.165, 1.54) is 12.1 Å². The standard InChI is InChI=1S/C26H20N2O4/c1-15-3-7-17(8-4-15)13-27-23(29)19-11-21-22(12-20(19)24(27)30)26(32)28(25(21)31)14-18-9-5-16(2)6-10-18/h3-12H,13-14H2,1-2H3. The Labute approximate surface area is 182 Å². The molecule has 6 nitrogen and oxygen atoms in total. The lowest BCUT2D eigenvalue weighted by Gasteiger charge is -2.01. The van der Waals surface area contributed by atoms with Crippen LogP contribution in [0, 0.1) is 13.8 Å². The van der Waals surface area contributed by atoms with E-state index < -0.39 is 22.2 Å². The molecule has 0 aliphatic rings. The minimum absolute atomic E-state index is 0.138. The Morgan fingerprint density at radius 3 is 1.06 bits per heavy atom. The average molecular weight is 424 g/mol. The van der Waals surface area contributed by atoms with Crippen LogP contribution in [-0.2, 0) is 13.1 Å². The summed E-state index contributed by atoms with van der Waals surface area (Å²) in [6.07, 6.45) is 0. The maximum Gasteiger partial charge on any atom is 0.261 e. The Morgan fingerprint density at radius 2 is 0.781 bits per heavy atom. The Hall–Kier alpha value is -4.06. The number of aromatic nitrogens is 2. The van der Waals surface area contributed by atoms with Crippen LogP contribution in [-0.4, -0.2) is 9.13 Å². The van der Waals surface area contributed by atoms with Gasteiger partial charge in [0, 0.05) is 0 Å². The lowest BCUT2D eigenvalue weighted by molar-refractivity contribution is 0.753. The van der Waals surface area contributed by atoms with Crippen LogP contribution in [0.25, 0.3) is 21.5 Å². The number of hydrogen-bond donors (Lipinski definition) is 0. The lowest BCUT2D eigenvalue weighted by Crippen LogP contribution is -2.26. The van der Waals surface area contributed by atoms with Gasteiger partial charge in [0.15, 0.2) is 0 Å². The van der Waals surface area contributed by atoms with E-state index >= 15 is 0 Å². The minimum atomic E-state index is -0.453. The predicted molar refractivity (Wildman–Crippen MR) is 125 cm³/mol. The molecule has 0 saturated heterocycles. The van der Waals surface area contributed by atoms with Crippen molar-refractivity contribution < 1.29 is 0 Å². The molecule has 3 aromatic carbocycles. The SMILES string of the molecule is Cc1ccc(Cn2c(=O)c3cc4c(=O)n(Cc5ccc(C)cc5)c(=O)c4cc3c2=O)cc1. The van der Waals surface area contributed by atoms with E-state index in [9.17, 15) is 19.2 Å². The smallest absolute Gasteiger partial charge is 0.261 e. The molecule has 0 fully saturated rings. The van der Waals surface area contributed by atoms with Gasteiger partial charge in [-0.15, -0.1) is 0 Å². The van der Waals surface area contributed by atoms with E-state index in [-0.39, 0.29) is 34.6 Å². The summed E-state index contributed by atoms with van der Waals surface area (Å²) in [5.41, 5.74) is 2.01. The zero-order valence-corrected chi connectivity index (χ0v) is 17.7. The van der Waals surface area contributed by atoms with E-state index in [4.69, 9.17) is 0 Å². The van der Waals surface area contributed by atoms with Crippen LogP contribution >= 0.6 is 0 Å². The second kappa shape index (κ2) is 7.27. The van der Waals surface area contributed by atoms with E-state index in [0.29, 0.717) is 0 Å². The third-order valence-electron chi connectivity index (χ3n) is 5.98. The van der Waals surface area contributed by atoms with Gasteiger partial charge in [0.05, 0.1) is 34.6 Å². The number of benzene rings is 3. The summed E-state index contributed by atoms with van der Waals surface area (Å²) in [5.74, 6) is 0. The lowest BCUT2D eigenvalue weighted by atomic mass is 10.1. The first-order valence-electron chi connectivity index (χ1n) is 10.3. The van der Waals surface area contributed by atoms with Gasteiger partial charge in [0.25, 0.3) is 22.2 Å². The second-order valence-corrected chi connectivity index (χ2v) is 8.31. The highest BCUT2D eigenvalue weighted by Crippen LogP contribution is 2.16. The molecular formula is C26H20N2O4. The van der Waals surface area contributed by atoms with Crippen molar-refractivity contribution in [1.29, 1.82) is 0 Å². The Bertz CT molecular complexity index is 1490. The average Bonchev–Trinajstić information content (AvgIpc) is 3.16. The minimum Gasteiger partial charge on any atom is -0.270 e. The first-order chi connectivity index (χ1) is 15.3. The van der Waals surface area contributed by atoms with Crippen LogP contribution in [0.4, 0.5) is 0 Å². The Kier molecular flexibility index (Phi) is 4.51. The number of aryl methyl sites for hydroxylation is 2. The van der Waals surface area contributed by atoms with Crippen molar-refractivity contribution in [3.8, 4) is 0 Å². The van der Waals surface area contributed by atoms with Crippen LogP contribution in [0.5, 0.6) is 0 Å². The maximum atomic E-state index is 13.0. The Morgan fingerprint density at radius 1 is 0.500 bits per heavy atom. The number of hydrogen-bond acceptors (Lipinski definition) is 4. The number of rotatable bonds is 4. The molecule has 0 aliphatic heterocycles. The molecule has 6 heteroatoms. The fraction of sp³-hybridized carbons (Fsp3) is 0.154. The zero-order chi connectivity index (χ0) is 22.6. The number of fused-ring (bicyclic) bond motifs is 2. The summed E-state index contributed by atoms with van der Waals surface area (Å²) in [6.45, 7) is 4.20. The molecule has 0 radical (unpaired) electrons. The molecule has 0 N–H and O–H groups in total. The van der Waals surface area contributed by atoms with Gasteiger partial charge in [-0.1, -0.05) is 59.7 Å². The maximum absolute atomic E-state index is 13.0. The summed E-state index contributed by atoms with van der Waals surface area (Å²) in [5, 5.41) is 0.664. The third kappa shape index (κ3) is 3.12. The first kappa shape index (κ1) is 19.9. The third-order valence-corrected chi connectivity index (χ3v) is 5.98. The molecule has 0 spiro atoms. The summed E-state index contributed by atoms with van der Waals surface area (Å²) in [6, 6.07) is 18.0. The zero-order valence-electron chi connectivity index (χ0n) is 17.7. The van der Waals surface area contributed by atoms with Crippen LogP contribution in [0.1, 0.15) is 22.3 Å². The molecule has 0 atom stereocenters. The summed E-state index contributed by atoms with van der Waals surface area (Å²) in [7, 11) is 0. The van der Waals surface area contributed by atoms with Crippen molar-refractivity contribution in [1.82, 2.24) is 9.13 Å². The van der Waals surface area contributed by atoms with Crippen molar-refractivity contribution in [3.63, 3.8) is 0 Å². The highest BCUT2D eigenvalue weighted by molar-refractivity contribution is 5.97. The molecular weight excluding hydrogens is 404 g/mol. The molecule has 0 unspecified atom stereocenters. The molecule has 0 bridgehead atoms. The van der Waals surface area contributed by atoms with E-state index in [1.54, 1.807) is 0 Å². The highest BCUT2D eigenvalue weighted by atomic mass is 16.2. The topological polar surface area (TPSA) is 78.1 Å². The van der Waals surface area contributed by atoms with Gasteiger partial charge in [-0.05, 0) is 37.1 Å². The first-order valence-corrected chi connectivity index (χ1v) is 10.3. The molecule has 5 aromatic rings. The Balaban J connectivity index is 1.64. The van der Waals surface area contributed by atoms with Crippen LogP contribution in [0.3, 0.4) is 0 Å². The summed E-state index contributed by atoms with van der Waals surface area (Å²) >= 11 is 0. The van der Waals surface area contributed by atoms with E-state index in [0.717, 1.165) is 31.4 Å². The molecule has 32 heavy (non-hydrogen) atoms. The fourth-order valence-corrected chi connectivity index (χ4v) is 4.11. The molecule has 158 valence electrons. The predicted octanol–water partition coefficient (Wildman–Crippen LogP) is 2.63. The van der Waals surface area contributed by atoms with Crippen molar-refractivity contribution in [2.45, 2.75) is 26.9 Å². The highest BCUT2D eigenvalue weighted by Gasteiger charge is 2.19.